The average molecular weight is 390 g/mol. The largest absolute Gasteiger partial charge is 0.355 e. The van der Waals surface area contributed by atoms with Gasteiger partial charge in [0.1, 0.15) is 6.54 Å². The molecule has 0 atom stereocenters. The Morgan fingerprint density at radius 2 is 2.00 bits per heavy atom. The van der Waals surface area contributed by atoms with Crippen molar-refractivity contribution in [2.45, 2.75) is 45.7 Å². The summed E-state index contributed by atoms with van der Waals surface area (Å²) in [6, 6.07) is 12.2. The Labute approximate surface area is 170 Å². The number of fused-ring (bicyclic) bond motifs is 1. The first-order chi connectivity index (χ1) is 14.0. The van der Waals surface area contributed by atoms with Gasteiger partial charge in [-0.25, -0.2) is 0 Å². The van der Waals surface area contributed by atoms with Crippen LogP contribution in [-0.2, 0) is 11.3 Å². The first-order valence-electron chi connectivity index (χ1n) is 10.2. The zero-order chi connectivity index (χ0) is 20.4. The lowest BCUT2D eigenvalue weighted by atomic mass is 9.97. The number of rotatable bonds is 7. The Balaban J connectivity index is 1.59. The molecule has 1 aliphatic rings. The molecule has 6 nitrogen and oxygen atoms in total. The predicted molar refractivity (Wildman–Crippen MR) is 114 cm³/mol. The van der Waals surface area contributed by atoms with Gasteiger partial charge in [-0.2, -0.15) is 5.10 Å². The van der Waals surface area contributed by atoms with Gasteiger partial charge >= 0.3 is 0 Å². The number of nitrogens with one attached hydrogen (secondary N) is 2. The molecule has 0 spiro atoms. The number of benzene rings is 2. The van der Waals surface area contributed by atoms with E-state index in [1.807, 2.05) is 44.2 Å². The molecular formula is C23H26N4O2. The Bertz CT molecular complexity index is 1070. The van der Waals surface area contributed by atoms with Crippen molar-refractivity contribution in [3.63, 3.8) is 0 Å². The molecule has 1 fully saturated rings. The molecule has 2 amide bonds. The Morgan fingerprint density at radius 1 is 1.17 bits per heavy atom. The zero-order valence-electron chi connectivity index (χ0n) is 16.9. The fraction of sp³-hybridized carbons (Fsp3) is 0.348. The van der Waals surface area contributed by atoms with Gasteiger partial charge < -0.3 is 10.6 Å². The summed E-state index contributed by atoms with van der Waals surface area (Å²) in [5, 5.41) is 11.3. The van der Waals surface area contributed by atoms with Crippen LogP contribution in [0.2, 0.25) is 0 Å². The van der Waals surface area contributed by atoms with Crippen molar-refractivity contribution in [2.24, 2.45) is 0 Å². The molecule has 2 aromatic carbocycles. The summed E-state index contributed by atoms with van der Waals surface area (Å²) in [5.41, 5.74) is 4.77. The highest BCUT2D eigenvalue weighted by atomic mass is 16.2. The second-order valence-electron chi connectivity index (χ2n) is 7.70. The van der Waals surface area contributed by atoms with Crippen molar-refractivity contribution in [3.8, 4) is 11.1 Å². The molecule has 2 N–H and O–H groups in total. The van der Waals surface area contributed by atoms with Crippen LogP contribution in [0.3, 0.4) is 0 Å². The van der Waals surface area contributed by atoms with Crippen LogP contribution in [0.4, 0.5) is 0 Å². The number of aromatic nitrogens is 2. The zero-order valence-corrected chi connectivity index (χ0v) is 16.9. The summed E-state index contributed by atoms with van der Waals surface area (Å²) in [6.45, 7) is 4.95. The van der Waals surface area contributed by atoms with Crippen molar-refractivity contribution in [1.82, 2.24) is 20.4 Å². The quantitative estimate of drug-likeness (QED) is 0.649. The van der Waals surface area contributed by atoms with Gasteiger partial charge in [0.15, 0.2) is 0 Å². The van der Waals surface area contributed by atoms with Crippen LogP contribution in [0.25, 0.3) is 22.0 Å². The fourth-order valence-corrected chi connectivity index (χ4v) is 3.41. The summed E-state index contributed by atoms with van der Waals surface area (Å²) in [4.78, 5) is 24.4. The first kappa shape index (κ1) is 19.2. The van der Waals surface area contributed by atoms with Crippen LogP contribution in [0, 0.1) is 6.92 Å². The molecule has 0 aliphatic heterocycles. The first-order valence-corrected chi connectivity index (χ1v) is 10.2. The van der Waals surface area contributed by atoms with Crippen LogP contribution in [0.5, 0.6) is 0 Å². The summed E-state index contributed by atoms with van der Waals surface area (Å²) in [7, 11) is 0. The third-order valence-corrected chi connectivity index (χ3v) is 5.23. The van der Waals surface area contributed by atoms with Gasteiger partial charge in [-0.15, -0.1) is 0 Å². The molecule has 0 saturated heterocycles. The van der Waals surface area contributed by atoms with Gasteiger partial charge in [0.05, 0.1) is 11.7 Å². The molecule has 29 heavy (non-hydrogen) atoms. The fourth-order valence-electron chi connectivity index (χ4n) is 3.41. The minimum atomic E-state index is -0.0360. The van der Waals surface area contributed by atoms with Crippen molar-refractivity contribution in [3.05, 3.63) is 53.7 Å². The molecule has 6 heteroatoms. The van der Waals surface area contributed by atoms with E-state index >= 15 is 0 Å². The van der Waals surface area contributed by atoms with E-state index in [1.54, 1.807) is 10.9 Å². The van der Waals surface area contributed by atoms with Gasteiger partial charge in [0.2, 0.25) is 5.91 Å². The average Bonchev–Trinajstić information content (AvgIpc) is 3.45. The highest BCUT2D eigenvalue weighted by Crippen LogP contribution is 2.28. The molecule has 1 aliphatic carbocycles. The standard InChI is InChI=1S/C23H26N4O2/c1-3-10-24-22(28)14-27-21-9-6-16(11-18(21)13-25-27)20-12-17(5-4-15(20)2)23(29)26-19-7-8-19/h4-6,9,11-13,19H,3,7-8,10,14H2,1-2H3,(H,24,28)(H,26,29). The molecule has 0 radical (unpaired) electrons. The number of carbonyl (C=O) groups excluding carboxylic acids is 2. The van der Waals surface area contributed by atoms with E-state index in [0.717, 1.165) is 46.9 Å². The maximum Gasteiger partial charge on any atom is 0.251 e. The smallest absolute Gasteiger partial charge is 0.251 e. The van der Waals surface area contributed by atoms with Gasteiger partial charge in [-0.05, 0) is 67.1 Å². The van der Waals surface area contributed by atoms with Crippen molar-refractivity contribution in [1.29, 1.82) is 0 Å². The van der Waals surface area contributed by atoms with Crippen LogP contribution in [0.15, 0.2) is 42.6 Å². The molecule has 1 heterocycles. The number of hydrogen-bond acceptors (Lipinski definition) is 3. The Kier molecular flexibility index (Phi) is 5.34. The lowest BCUT2D eigenvalue weighted by Crippen LogP contribution is -2.28. The number of nitrogens with zero attached hydrogens (tertiary/aromatic N) is 2. The Morgan fingerprint density at radius 3 is 2.76 bits per heavy atom. The second-order valence-corrected chi connectivity index (χ2v) is 7.70. The monoisotopic (exact) mass is 390 g/mol. The lowest BCUT2D eigenvalue weighted by Gasteiger charge is -2.10. The molecular weight excluding hydrogens is 364 g/mol. The third-order valence-electron chi connectivity index (χ3n) is 5.23. The highest BCUT2D eigenvalue weighted by molar-refractivity contribution is 5.96. The molecule has 150 valence electrons. The second kappa shape index (κ2) is 8.07. The normalized spacial score (nSPS) is 13.4. The highest BCUT2D eigenvalue weighted by Gasteiger charge is 2.24. The topological polar surface area (TPSA) is 76.0 Å². The number of amides is 2. The molecule has 3 aromatic rings. The summed E-state index contributed by atoms with van der Waals surface area (Å²) in [5.74, 6) is -0.0492. The Hall–Kier alpha value is -3.15. The summed E-state index contributed by atoms with van der Waals surface area (Å²) in [6.07, 6.45) is 4.83. The number of carbonyl (C=O) groups is 2. The number of hydrogen-bond donors (Lipinski definition) is 2. The van der Waals surface area contributed by atoms with Crippen LogP contribution >= 0.6 is 0 Å². The molecule has 4 rings (SSSR count). The van der Waals surface area contributed by atoms with Crippen molar-refractivity contribution in [2.75, 3.05) is 6.54 Å². The van der Waals surface area contributed by atoms with Gasteiger partial charge in [-0.1, -0.05) is 19.1 Å². The minimum absolute atomic E-state index is 0.0132. The van der Waals surface area contributed by atoms with E-state index in [9.17, 15) is 9.59 Å². The summed E-state index contributed by atoms with van der Waals surface area (Å²) < 4.78 is 1.72. The maximum atomic E-state index is 12.4. The van der Waals surface area contributed by atoms with Crippen molar-refractivity contribution >= 4 is 22.7 Å². The number of aryl methyl sites for hydroxylation is 1. The maximum absolute atomic E-state index is 12.4. The van der Waals surface area contributed by atoms with E-state index in [2.05, 4.69) is 21.8 Å². The van der Waals surface area contributed by atoms with Crippen LogP contribution < -0.4 is 10.6 Å². The lowest BCUT2D eigenvalue weighted by molar-refractivity contribution is -0.121. The SMILES string of the molecule is CCCNC(=O)Cn1ncc2cc(-c3cc(C(=O)NC4CC4)ccc3C)ccc21. The molecule has 0 unspecified atom stereocenters. The van der Waals surface area contributed by atoms with E-state index in [0.29, 0.717) is 18.2 Å². The minimum Gasteiger partial charge on any atom is -0.355 e. The van der Waals surface area contributed by atoms with Gasteiger partial charge in [-0.3, -0.25) is 14.3 Å². The van der Waals surface area contributed by atoms with E-state index < -0.39 is 0 Å². The van der Waals surface area contributed by atoms with Crippen molar-refractivity contribution < 1.29 is 9.59 Å². The van der Waals surface area contributed by atoms with Crippen LogP contribution in [0.1, 0.15) is 42.1 Å². The molecule has 1 aromatic heterocycles. The van der Waals surface area contributed by atoms with E-state index in [-0.39, 0.29) is 18.4 Å². The third kappa shape index (κ3) is 4.31. The van der Waals surface area contributed by atoms with E-state index in [4.69, 9.17) is 0 Å². The van der Waals surface area contributed by atoms with E-state index in [1.165, 1.54) is 0 Å². The van der Waals surface area contributed by atoms with Gasteiger partial charge in [0.25, 0.3) is 5.91 Å². The van der Waals surface area contributed by atoms with Gasteiger partial charge in [0, 0.05) is 23.5 Å². The molecule has 0 bridgehead atoms. The summed E-state index contributed by atoms with van der Waals surface area (Å²) >= 11 is 0. The predicted octanol–water partition coefficient (Wildman–Crippen LogP) is 3.43. The molecule has 1 saturated carbocycles. The van der Waals surface area contributed by atoms with Crippen LogP contribution in [-0.4, -0.2) is 34.2 Å².